The number of amides is 1. The molecule has 124 valence electrons. The zero-order chi connectivity index (χ0) is 15.2. The van der Waals surface area contributed by atoms with Gasteiger partial charge in [0.1, 0.15) is 5.75 Å². The molecule has 1 fully saturated rings. The van der Waals surface area contributed by atoms with E-state index in [2.05, 4.69) is 5.32 Å². The third kappa shape index (κ3) is 5.30. The lowest BCUT2D eigenvalue weighted by molar-refractivity contribution is -0.119. The number of nitrogens with one attached hydrogen (secondary N) is 1. The van der Waals surface area contributed by atoms with Crippen molar-refractivity contribution in [2.24, 2.45) is 5.73 Å². The minimum atomic E-state index is -0.0890. The SMILES string of the molecule is COc1ccc(NC(=O)CN2CCOC(CN)C2)cc1Cl.Cl. The molecule has 2 rings (SSSR count). The highest BCUT2D eigenvalue weighted by Crippen LogP contribution is 2.27. The molecule has 0 radical (unpaired) electrons. The number of rotatable bonds is 5. The van der Waals surface area contributed by atoms with Crippen LogP contribution in [0.25, 0.3) is 0 Å². The molecule has 1 heterocycles. The van der Waals surface area contributed by atoms with E-state index in [0.717, 1.165) is 6.54 Å². The third-order valence-electron chi connectivity index (χ3n) is 3.29. The number of nitrogens with two attached hydrogens (primary N) is 1. The van der Waals surface area contributed by atoms with Crippen molar-refractivity contribution in [2.45, 2.75) is 6.10 Å². The Morgan fingerprint density at radius 2 is 2.36 bits per heavy atom. The van der Waals surface area contributed by atoms with Crippen LogP contribution in [0.2, 0.25) is 5.02 Å². The zero-order valence-corrected chi connectivity index (χ0v) is 14.0. The van der Waals surface area contributed by atoms with Gasteiger partial charge in [-0.1, -0.05) is 11.6 Å². The van der Waals surface area contributed by atoms with Gasteiger partial charge >= 0.3 is 0 Å². The van der Waals surface area contributed by atoms with E-state index < -0.39 is 0 Å². The summed E-state index contributed by atoms with van der Waals surface area (Å²) >= 11 is 6.03. The molecule has 1 atom stereocenters. The highest BCUT2D eigenvalue weighted by Gasteiger charge is 2.21. The van der Waals surface area contributed by atoms with Crippen LogP contribution in [-0.4, -0.2) is 56.8 Å². The highest BCUT2D eigenvalue weighted by molar-refractivity contribution is 6.32. The topological polar surface area (TPSA) is 76.8 Å². The van der Waals surface area contributed by atoms with Gasteiger partial charge in [0.05, 0.1) is 31.4 Å². The van der Waals surface area contributed by atoms with Gasteiger partial charge in [-0.05, 0) is 18.2 Å². The Morgan fingerprint density at radius 1 is 1.59 bits per heavy atom. The predicted molar refractivity (Wildman–Crippen MR) is 89.1 cm³/mol. The number of anilines is 1. The standard InChI is InChI=1S/C14H20ClN3O3.ClH/c1-20-13-3-2-10(6-12(13)15)17-14(19)9-18-4-5-21-11(7-16)8-18;/h2-3,6,11H,4-5,7-9,16H2,1H3,(H,17,19);1H. The molecule has 1 saturated heterocycles. The summed E-state index contributed by atoms with van der Waals surface area (Å²) in [6, 6.07) is 5.14. The van der Waals surface area contributed by atoms with Crippen LogP contribution in [0.1, 0.15) is 0 Å². The van der Waals surface area contributed by atoms with Gasteiger partial charge in [0, 0.05) is 25.3 Å². The quantitative estimate of drug-likeness (QED) is 0.839. The van der Waals surface area contributed by atoms with Crippen molar-refractivity contribution in [1.82, 2.24) is 4.90 Å². The fourth-order valence-electron chi connectivity index (χ4n) is 2.21. The van der Waals surface area contributed by atoms with Crippen LogP contribution in [0.4, 0.5) is 5.69 Å². The van der Waals surface area contributed by atoms with Crippen molar-refractivity contribution >= 4 is 35.6 Å². The van der Waals surface area contributed by atoms with Crippen molar-refractivity contribution < 1.29 is 14.3 Å². The maximum Gasteiger partial charge on any atom is 0.238 e. The summed E-state index contributed by atoms with van der Waals surface area (Å²) in [5.41, 5.74) is 6.23. The van der Waals surface area contributed by atoms with Crippen LogP contribution < -0.4 is 15.8 Å². The number of hydrogen-bond donors (Lipinski definition) is 2. The van der Waals surface area contributed by atoms with Gasteiger partial charge in [0.25, 0.3) is 0 Å². The molecule has 1 aliphatic heterocycles. The Balaban J connectivity index is 0.00000242. The molecule has 1 amide bonds. The monoisotopic (exact) mass is 349 g/mol. The maximum atomic E-state index is 12.0. The second kappa shape index (κ2) is 9.17. The lowest BCUT2D eigenvalue weighted by atomic mass is 10.2. The van der Waals surface area contributed by atoms with Gasteiger partial charge < -0.3 is 20.5 Å². The zero-order valence-electron chi connectivity index (χ0n) is 12.4. The Morgan fingerprint density at radius 3 is 3.00 bits per heavy atom. The smallest absolute Gasteiger partial charge is 0.238 e. The molecule has 22 heavy (non-hydrogen) atoms. The lowest BCUT2D eigenvalue weighted by Gasteiger charge is -2.31. The van der Waals surface area contributed by atoms with Gasteiger partial charge in [-0.15, -0.1) is 12.4 Å². The van der Waals surface area contributed by atoms with E-state index in [1.807, 2.05) is 4.90 Å². The second-order valence-electron chi connectivity index (χ2n) is 4.86. The van der Waals surface area contributed by atoms with Crippen LogP contribution in [0.15, 0.2) is 18.2 Å². The summed E-state index contributed by atoms with van der Waals surface area (Å²) in [6.45, 7) is 2.78. The Kier molecular flexibility index (Phi) is 7.92. The molecule has 3 N–H and O–H groups in total. The van der Waals surface area contributed by atoms with Crippen molar-refractivity contribution in [3.05, 3.63) is 23.2 Å². The molecule has 1 aliphatic rings. The number of halogens is 2. The number of nitrogens with zero attached hydrogens (tertiary/aromatic N) is 1. The van der Waals surface area contributed by atoms with Gasteiger partial charge in [0.2, 0.25) is 5.91 Å². The Bertz CT molecular complexity index is 502. The lowest BCUT2D eigenvalue weighted by Crippen LogP contribution is -2.48. The minimum Gasteiger partial charge on any atom is -0.495 e. The second-order valence-corrected chi connectivity index (χ2v) is 5.27. The normalized spacial score (nSPS) is 18.4. The average molecular weight is 350 g/mol. The van der Waals surface area contributed by atoms with Crippen molar-refractivity contribution in [2.75, 3.05) is 45.2 Å². The number of hydrogen-bond acceptors (Lipinski definition) is 5. The number of ether oxygens (including phenoxy) is 2. The molecule has 0 aromatic heterocycles. The molecule has 0 bridgehead atoms. The van der Waals surface area contributed by atoms with Gasteiger partial charge in [0.15, 0.2) is 0 Å². The third-order valence-corrected chi connectivity index (χ3v) is 3.58. The largest absolute Gasteiger partial charge is 0.495 e. The van der Waals surface area contributed by atoms with E-state index in [-0.39, 0.29) is 24.4 Å². The number of benzene rings is 1. The first-order valence-electron chi connectivity index (χ1n) is 6.79. The Labute approximate surface area is 141 Å². The summed E-state index contributed by atoms with van der Waals surface area (Å²) in [7, 11) is 1.55. The number of methoxy groups -OCH3 is 1. The molecule has 1 unspecified atom stereocenters. The molecule has 1 aromatic rings. The summed E-state index contributed by atoms with van der Waals surface area (Å²) in [4.78, 5) is 14.1. The molecule has 0 spiro atoms. The van der Waals surface area contributed by atoms with Crippen LogP contribution in [0, 0.1) is 0 Å². The van der Waals surface area contributed by atoms with Crippen LogP contribution in [-0.2, 0) is 9.53 Å². The van der Waals surface area contributed by atoms with E-state index in [4.69, 9.17) is 26.8 Å². The predicted octanol–water partition coefficient (Wildman–Crippen LogP) is 1.37. The highest BCUT2D eigenvalue weighted by atomic mass is 35.5. The number of carbonyl (C=O) groups excluding carboxylic acids is 1. The van der Waals surface area contributed by atoms with E-state index in [0.29, 0.717) is 42.7 Å². The fraction of sp³-hybridized carbons (Fsp3) is 0.500. The Hall–Kier alpha value is -1.05. The van der Waals surface area contributed by atoms with Crippen LogP contribution in [0.5, 0.6) is 5.75 Å². The van der Waals surface area contributed by atoms with Gasteiger partial charge in [-0.2, -0.15) is 0 Å². The van der Waals surface area contributed by atoms with E-state index >= 15 is 0 Å². The van der Waals surface area contributed by atoms with E-state index in [1.165, 1.54) is 0 Å². The molecule has 0 aliphatic carbocycles. The molecular formula is C14H21Cl2N3O3. The molecule has 8 heteroatoms. The average Bonchev–Trinajstić information content (AvgIpc) is 2.47. The molecule has 6 nitrogen and oxygen atoms in total. The summed E-state index contributed by atoms with van der Waals surface area (Å²) in [5, 5.41) is 3.28. The number of morpholine rings is 1. The molecule has 0 saturated carbocycles. The van der Waals surface area contributed by atoms with Crippen LogP contribution in [0.3, 0.4) is 0 Å². The molecular weight excluding hydrogens is 329 g/mol. The maximum absolute atomic E-state index is 12.0. The summed E-state index contributed by atoms with van der Waals surface area (Å²) < 4.78 is 10.5. The van der Waals surface area contributed by atoms with Crippen molar-refractivity contribution in [3.63, 3.8) is 0 Å². The number of carbonyl (C=O) groups is 1. The van der Waals surface area contributed by atoms with Crippen molar-refractivity contribution in [1.29, 1.82) is 0 Å². The summed E-state index contributed by atoms with van der Waals surface area (Å²) in [5.74, 6) is 0.488. The first-order chi connectivity index (χ1) is 10.1. The van der Waals surface area contributed by atoms with E-state index in [9.17, 15) is 4.79 Å². The minimum absolute atomic E-state index is 0. The first kappa shape index (κ1) is 19.0. The summed E-state index contributed by atoms with van der Waals surface area (Å²) in [6.07, 6.45) is 0.00183. The van der Waals surface area contributed by atoms with Crippen molar-refractivity contribution in [3.8, 4) is 5.75 Å². The van der Waals surface area contributed by atoms with E-state index in [1.54, 1.807) is 25.3 Å². The first-order valence-corrected chi connectivity index (χ1v) is 7.17. The van der Waals surface area contributed by atoms with Crippen LogP contribution >= 0.6 is 24.0 Å². The fourth-order valence-corrected chi connectivity index (χ4v) is 2.47. The van der Waals surface area contributed by atoms with Gasteiger partial charge in [-0.25, -0.2) is 0 Å². The van der Waals surface area contributed by atoms with Gasteiger partial charge in [-0.3, -0.25) is 9.69 Å². The molecule has 1 aromatic carbocycles.